The number of fused-ring (bicyclic) bond motifs is 1. The van der Waals surface area contributed by atoms with Gasteiger partial charge in [-0.2, -0.15) is 18.3 Å². The fraction of sp³-hybridized carbons (Fsp3) is 0.280. The van der Waals surface area contributed by atoms with Crippen molar-refractivity contribution < 1.29 is 27.9 Å². The molecule has 1 aliphatic heterocycles. The van der Waals surface area contributed by atoms with Crippen LogP contribution in [0.3, 0.4) is 0 Å². The summed E-state index contributed by atoms with van der Waals surface area (Å²) in [6, 6.07) is 11.7. The maximum Gasteiger partial charge on any atom is 0.490 e. The molecule has 4 aromatic heterocycles. The number of carboxylic acids is 1. The third kappa shape index (κ3) is 6.26. The molecule has 1 N–H and O–H groups in total. The standard InChI is InChI=1S/C23H22N6O.C2HF3O2/c1-16-6-8-20(25-12-16)23(30)28-11-3-5-19(14-28)22-26-21-9-7-18(15-29(21)27-22)17-4-2-10-24-13-17;3-2(4,5)1(6)7/h2,4,6-10,12-13,15,19H,3,5,11,14H2,1H3;(H,6,7). The Balaban J connectivity index is 0.000000405. The number of alkyl halides is 3. The number of carboxylic acid groups (broad SMARTS) is 1. The van der Waals surface area contributed by atoms with Crippen LogP contribution in [0.4, 0.5) is 13.2 Å². The summed E-state index contributed by atoms with van der Waals surface area (Å²) in [6.07, 6.45) is 4.12. The van der Waals surface area contributed by atoms with E-state index in [4.69, 9.17) is 20.0 Å². The lowest BCUT2D eigenvalue weighted by molar-refractivity contribution is -0.192. The number of hydrogen-bond acceptors (Lipinski definition) is 6. The first-order chi connectivity index (χ1) is 17.6. The Hall–Kier alpha value is -4.35. The van der Waals surface area contributed by atoms with Crippen molar-refractivity contribution in [2.75, 3.05) is 13.1 Å². The van der Waals surface area contributed by atoms with Crippen molar-refractivity contribution in [3.63, 3.8) is 0 Å². The minimum Gasteiger partial charge on any atom is -0.475 e. The van der Waals surface area contributed by atoms with Crippen LogP contribution in [0, 0.1) is 6.92 Å². The fourth-order valence-electron chi connectivity index (χ4n) is 3.91. The van der Waals surface area contributed by atoms with Crippen LogP contribution in [0.5, 0.6) is 0 Å². The van der Waals surface area contributed by atoms with Gasteiger partial charge in [0.1, 0.15) is 5.69 Å². The van der Waals surface area contributed by atoms with Gasteiger partial charge in [-0.25, -0.2) is 14.3 Å². The number of amides is 1. The summed E-state index contributed by atoms with van der Waals surface area (Å²) >= 11 is 0. The van der Waals surface area contributed by atoms with E-state index in [0.717, 1.165) is 47.5 Å². The molecule has 0 saturated carbocycles. The molecule has 0 radical (unpaired) electrons. The molecule has 4 aromatic rings. The molecule has 0 spiro atoms. The van der Waals surface area contributed by atoms with Crippen molar-refractivity contribution in [2.45, 2.75) is 31.9 Å². The summed E-state index contributed by atoms with van der Waals surface area (Å²) in [5, 5.41) is 11.9. The van der Waals surface area contributed by atoms with Crippen molar-refractivity contribution in [3.8, 4) is 11.1 Å². The average molecular weight is 512 g/mol. The zero-order chi connectivity index (χ0) is 26.6. The molecule has 1 atom stereocenters. The number of aromatic nitrogens is 5. The Bertz CT molecular complexity index is 1390. The molecule has 1 unspecified atom stereocenters. The minimum atomic E-state index is -5.08. The number of aryl methyl sites for hydroxylation is 1. The highest BCUT2D eigenvalue weighted by Gasteiger charge is 2.38. The van der Waals surface area contributed by atoms with E-state index in [1.807, 2.05) is 59.1 Å². The Labute approximate surface area is 209 Å². The van der Waals surface area contributed by atoms with E-state index in [1.54, 1.807) is 18.5 Å². The predicted molar refractivity (Wildman–Crippen MR) is 127 cm³/mol. The molecular formula is C25H23F3N6O3. The molecule has 5 rings (SSSR count). The van der Waals surface area contributed by atoms with Crippen LogP contribution in [-0.2, 0) is 4.79 Å². The summed E-state index contributed by atoms with van der Waals surface area (Å²) in [5.41, 5.74) is 4.42. The van der Waals surface area contributed by atoms with Gasteiger partial charge in [0.15, 0.2) is 11.5 Å². The number of carbonyl (C=O) groups is 2. The lowest BCUT2D eigenvalue weighted by Crippen LogP contribution is -2.39. The molecule has 192 valence electrons. The molecule has 0 aliphatic carbocycles. The largest absolute Gasteiger partial charge is 0.490 e. The van der Waals surface area contributed by atoms with E-state index in [2.05, 4.69) is 9.97 Å². The molecular weight excluding hydrogens is 489 g/mol. The number of hydrogen-bond donors (Lipinski definition) is 1. The highest BCUT2D eigenvalue weighted by Crippen LogP contribution is 2.27. The van der Waals surface area contributed by atoms with Gasteiger partial charge in [-0.05, 0) is 49.6 Å². The maximum absolute atomic E-state index is 12.9. The molecule has 1 fully saturated rings. The zero-order valence-electron chi connectivity index (χ0n) is 19.8. The van der Waals surface area contributed by atoms with Gasteiger partial charge in [0.05, 0.1) is 0 Å². The average Bonchev–Trinajstić information content (AvgIpc) is 3.33. The van der Waals surface area contributed by atoms with Crippen LogP contribution >= 0.6 is 0 Å². The molecule has 37 heavy (non-hydrogen) atoms. The number of piperidine rings is 1. The Morgan fingerprint density at radius 3 is 2.51 bits per heavy atom. The smallest absolute Gasteiger partial charge is 0.475 e. The molecule has 0 bridgehead atoms. The number of pyridine rings is 3. The second-order valence-corrected chi connectivity index (χ2v) is 8.55. The van der Waals surface area contributed by atoms with E-state index in [-0.39, 0.29) is 11.8 Å². The summed E-state index contributed by atoms with van der Waals surface area (Å²) in [6.45, 7) is 3.32. The number of aliphatic carboxylic acids is 1. The molecule has 1 aliphatic rings. The van der Waals surface area contributed by atoms with Crippen molar-refractivity contribution in [3.05, 3.63) is 78.3 Å². The van der Waals surface area contributed by atoms with Crippen LogP contribution in [-0.4, -0.2) is 65.7 Å². The van der Waals surface area contributed by atoms with Crippen LogP contribution < -0.4 is 0 Å². The van der Waals surface area contributed by atoms with Gasteiger partial charge in [0.25, 0.3) is 5.91 Å². The highest BCUT2D eigenvalue weighted by atomic mass is 19.4. The third-order valence-electron chi connectivity index (χ3n) is 5.79. The Kier molecular flexibility index (Phi) is 7.46. The SMILES string of the molecule is Cc1ccc(C(=O)N2CCCC(c3nc4ccc(-c5cccnc5)cn4n3)C2)nc1.O=C(O)C(F)(F)F. The van der Waals surface area contributed by atoms with Crippen LogP contribution in [0.25, 0.3) is 16.8 Å². The van der Waals surface area contributed by atoms with E-state index in [0.29, 0.717) is 12.2 Å². The van der Waals surface area contributed by atoms with Gasteiger partial charge >= 0.3 is 12.1 Å². The van der Waals surface area contributed by atoms with Gasteiger partial charge < -0.3 is 10.0 Å². The summed E-state index contributed by atoms with van der Waals surface area (Å²) in [5.74, 6) is -1.88. The Morgan fingerprint density at radius 2 is 1.86 bits per heavy atom. The lowest BCUT2D eigenvalue weighted by atomic mass is 9.97. The van der Waals surface area contributed by atoms with E-state index < -0.39 is 12.1 Å². The summed E-state index contributed by atoms with van der Waals surface area (Å²) < 4.78 is 33.6. The first kappa shape index (κ1) is 25.7. The van der Waals surface area contributed by atoms with Gasteiger partial charge in [-0.3, -0.25) is 14.8 Å². The fourth-order valence-corrected chi connectivity index (χ4v) is 3.91. The van der Waals surface area contributed by atoms with Crippen molar-refractivity contribution in [2.24, 2.45) is 0 Å². The minimum absolute atomic E-state index is 0.0256. The number of halogens is 3. The van der Waals surface area contributed by atoms with Crippen molar-refractivity contribution >= 4 is 17.5 Å². The number of nitrogens with zero attached hydrogens (tertiary/aromatic N) is 6. The van der Waals surface area contributed by atoms with Crippen LogP contribution in [0.1, 0.15) is 40.6 Å². The quantitative estimate of drug-likeness (QED) is 0.439. The molecule has 12 heteroatoms. The first-order valence-corrected chi connectivity index (χ1v) is 11.4. The van der Waals surface area contributed by atoms with Crippen LogP contribution in [0.15, 0.2) is 61.2 Å². The normalized spacial score (nSPS) is 15.7. The monoisotopic (exact) mass is 512 g/mol. The van der Waals surface area contributed by atoms with Gasteiger partial charge in [-0.1, -0.05) is 12.1 Å². The summed E-state index contributed by atoms with van der Waals surface area (Å²) in [4.78, 5) is 36.9. The van der Waals surface area contributed by atoms with Crippen molar-refractivity contribution in [1.29, 1.82) is 0 Å². The molecule has 0 aromatic carbocycles. The van der Waals surface area contributed by atoms with Gasteiger partial charge in [0.2, 0.25) is 0 Å². The van der Waals surface area contributed by atoms with Crippen molar-refractivity contribution in [1.82, 2.24) is 29.5 Å². The van der Waals surface area contributed by atoms with Crippen LogP contribution in [0.2, 0.25) is 0 Å². The number of likely N-dealkylation sites (tertiary alicyclic amines) is 1. The molecule has 1 amide bonds. The first-order valence-electron chi connectivity index (χ1n) is 11.4. The van der Waals surface area contributed by atoms with E-state index in [9.17, 15) is 18.0 Å². The van der Waals surface area contributed by atoms with E-state index in [1.165, 1.54) is 0 Å². The third-order valence-corrected chi connectivity index (χ3v) is 5.79. The van der Waals surface area contributed by atoms with Gasteiger partial charge in [0, 0.05) is 54.9 Å². The predicted octanol–water partition coefficient (Wildman–Crippen LogP) is 4.15. The van der Waals surface area contributed by atoms with E-state index >= 15 is 0 Å². The summed E-state index contributed by atoms with van der Waals surface area (Å²) in [7, 11) is 0. The second kappa shape index (κ2) is 10.7. The highest BCUT2D eigenvalue weighted by molar-refractivity contribution is 5.92. The number of rotatable bonds is 3. The van der Waals surface area contributed by atoms with Gasteiger partial charge in [-0.15, -0.1) is 0 Å². The molecule has 5 heterocycles. The molecule has 9 nitrogen and oxygen atoms in total. The zero-order valence-corrected chi connectivity index (χ0v) is 19.8. The Morgan fingerprint density at radius 1 is 1.08 bits per heavy atom. The molecule has 1 saturated heterocycles. The topological polar surface area (TPSA) is 114 Å². The second-order valence-electron chi connectivity index (χ2n) is 8.55. The lowest BCUT2D eigenvalue weighted by Gasteiger charge is -2.31. The number of carbonyl (C=O) groups excluding carboxylic acids is 1. The maximum atomic E-state index is 12.9.